The van der Waals surface area contributed by atoms with Crippen LogP contribution in [-0.2, 0) is 0 Å². The van der Waals surface area contributed by atoms with Crippen LogP contribution in [0.4, 0.5) is 0 Å². The maximum Gasteiger partial charge on any atom is 0.340 e. The molecule has 0 aliphatic rings. The number of carboxylic acids is 1. The number of allylic oxidation sites excluding steroid dienone is 1. The number of phenolic OH excluding ortho intramolecular Hbond substituents is 1. The smallest absolute Gasteiger partial charge is 0.340 e. The van der Waals surface area contributed by atoms with Gasteiger partial charge in [-0.2, -0.15) is 0 Å². The summed E-state index contributed by atoms with van der Waals surface area (Å²) >= 11 is 0. The molecule has 6 nitrogen and oxygen atoms in total. The molecule has 0 aromatic heterocycles. The highest BCUT2D eigenvalue weighted by Gasteiger charge is 2.26. The average molecular weight is 434 g/mol. The lowest BCUT2D eigenvalue weighted by atomic mass is 9.92. The summed E-state index contributed by atoms with van der Waals surface area (Å²) in [7, 11) is 2.93. The molecule has 0 aliphatic carbocycles. The van der Waals surface area contributed by atoms with E-state index < -0.39 is 5.97 Å². The molecule has 2 N–H and O–H groups in total. The first kappa shape index (κ1) is 22.7. The number of aromatic carboxylic acids is 1. The number of methoxy groups -OCH3 is 2. The number of rotatable bonds is 8. The van der Waals surface area contributed by atoms with Crippen molar-refractivity contribution in [2.24, 2.45) is 0 Å². The van der Waals surface area contributed by atoms with Gasteiger partial charge in [-0.25, -0.2) is 4.79 Å². The molecule has 32 heavy (non-hydrogen) atoms. The molecule has 3 aromatic rings. The first-order valence-corrected chi connectivity index (χ1v) is 10.0. The highest BCUT2D eigenvalue weighted by Crippen LogP contribution is 2.45. The normalized spacial score (nSPS) is 10.4. The fourth-order valence-electron chi connectivity index (χ4n) is 3.38. The van der Waals surface area contributed by atoms with Crippen molar-refractivity contribution in [3.05, 3.63) is 71.8 Å². The zero-order valence-corrected chi connectivity index (χ0v) is 18.5. The van der Waals surface area contributed by atoms with Crippen molar-refractivity contribution in [1.82, 2.24) is 0 Å². The van der Waals surface area contributed by atoms with E-state index in [1.807, 2.05) is 19.9 Å². The minimum absolute atomic E-state index is 0.00636. The van der Waals surface area contributed by atoms with Crippen LogP contribution in [0.25, 0.3) is 22.3 Å². The fourth-order valence-corrected chi connectivity index (χ4v) is 3.38. The van der Waals surface area contributed by atoms with E-state index in [9.17, 15) is 15.0 Å². The molecular weight excluding hydrogens is 408 g/mol. The summed E-state index contributed by atoms with van der Waals surface area (Å²) < 4.78 is 16.8. The van der Waals surface area contributed by atoms with Gasteiger partial charge in [0, 0.05) is 11.1 Å². The van der Waals surface area contributed by atoms with Gasteiger partial charge < -0.3 is 24.4 Å². The van der Waals surface area contributed by atoms with E-state index in [-0.39, 0.29) is 17.1 Å². The molecule has 0 saturated carbocycles. The number of aromatic hydroxyl groups is 1. The van der Waals surface area contributed by atoms with E-state index in [2.05, 4.69) is 0 Å². The molecule has 0 heterocycles. The molecule has 0 radical (unpaired) electrons. The molecule has 3 rings (SSSR count). The largest absolute Gasteiger partial charge is 0.508 e. The van der Waals surface area contributed by atoms with E-state index in [4.69, 9.17) is 14.2 Å². The van der Waals surface area contributed by atoms with E-state index in [1.54, 1.807) is 42.5 Å². The van der Waals surface area contributed by atoms with Gasteiger partial charge in [0.25, 0.3) is 0 Å². The summed E-state index contributed by atoms with van der Waals surface area (Å²) in [5, 5.41) is 19.7. The van der Waals surface area contributed by atoms with Gasteiger partial charge in [-0.3, -0.25) is 0 Å². The predicted octanol–water partition coefficient (Wildman–Crippen LogP) is 5.79. The number of hydrogen-bond acceptors (Lipinski definition) is 5. The minimum atomic E-state index is -1.14. The van der Waals surface area contributed by atoms with Crippen LogP contribution in [0.2, 0.25) is 0 Å². The molecule has 0 unspecified atom stereocenters. The Hall–Kier alpha value is -3.93. The number of benzene rings is 3. The molecule has 6 heteroatoms. The van der Waals surface area contributed by atoms with Gasteiger partial charge in [0.05, 0.1) is 14.2 Å². The summed E-state index contributed by atoms with van der Waals surface area (Å²) in [6.45, 7) is 4.46. The van der Waals surface area contributed by atoms with Crippen molar-refractivity contribution in [3.63, 3.8) is 0 Å². The predicted molar refractivity (Wildman–Crippen MR) is 124 cm³/mol. The van der Waals surface area contributed by atoms with E-state index >= 15 is 0 Å². The van der Waals surface area contributed by atoms with Gasteiger partial charge in [-0.15, -0.1) is 0 Å². The third-order valence-corrected chi connectivity index (χ3v) is 4.94. The van der Waals surface area contributed by atoms with Crippen molar-refractivity contribution in [3.8, 4) is 45.3 Å². The van der Waals surface area contributed by atoms with Gasteiger partial charge in [0.2, 0.25) is 0 Å². The van der Waals surface area contributed by atoms with Crippen molar-refractivity contribution >= 4 is 5.97 Å². The number of ether oxygens (including phenoxy) is 3. The SMILES string of the molecule is COc1cc(-c2ccc(O)cc2)c(OC)c(C(=O)O)c1-c1ccc(OCC=C(C)C)cc1. The number of hydrogen-bond donors (Lipinski definition) is 2. The van der Waals surface area contributed by atoms with Gasteiger partial charge in [0.15, 0.2) is 0 Å². The third-order valence-electron chi connectivity index (χ3n) is 4.94. The lowest BCUT2D eigenvalue weighted by Gasteiger charge is -2.19. The highest BCUT2D eigenvalue weighted by molar-refractivity contribution is 6.04. The van der Waals surface area contributed by atoms with Crippen LogP contribution in [0.15, 0.2) is 66.2 Å². The van der Waals surface area contributed by atoms with Crippen molar-refractivity contribution < 1.29 is 29.2 Å². The van der Waals surface area contributed by atoms with Crippen LogP contribution in [0.5, 0.6) is 23.0 Å². The van der Waals surface area contributed by atoms with Gasteiger partial charge >= 0.3 is 5.97 Å². The summed E-state index contributed by atoms with van der Waals surface area (Å²) in [4.78, 5) is 12.3. The molecule has 3 aromatic carbocycles. The maximum absolute atomic E-state index is 12.3. The Balaban J connectivity index is 2.14. The lowest BCUT2D eigenvalue weighted by Crippen LogP contribution is -2.07. The molecule has 0 spiro atoms. The minimum Gasteiger partial charge on any atom is -0.508 e. The second kappa shape index (κ2) is 9.92. The maximum atomic E-state index is 12.3. The van der Waals surface area contributed by atoms with Gasteiger partial charge in [-0.1, -0.05) is 29.8 Å². The molecule has 0 bridgehead atoms. The van der Waals surface area contributed by atoms with Crippen LogP contribution in [0, 0.1) is 0 Å². The first-order valence-electron chi connectivity index (χ1n) is 10.0. The van der Waals surface area contributed by atoms with Crippen LogP contribution in [0.3, 0.4) is 0 Å². The summed E-state index contributed by atoms with van der Waals surface area (Å²) in [5.41, 5.74) is 3.47. The van der Waals surface area contributed by atoms with E-state index in [0.29, 0.717) is 40.4 Å². The average Bonchev–Trinajstić information content (AvgIpc) is 2.78. The Morgan fingerprint density at radius 3 is 2.09 bits per heavy atom. The topological polar surface area (TPSA) is 85.2 Å². The quantitative estimate of drug-likeness (QED) is 0.437. The Morgan fingerprint density at radius 2 is 1.56 bits per heavy atom. The van der Waals surface area contributed by atoms with Gasteiger partial charge in [0.1, 0.15) is 35.2 Å². The zero-order valence-electron chi connectivity index (χ0n) is 18.5. The Kier molecular flexibility index (Phi) is 7.05. The third kappa shape index (κ3) is 4.86. The zero-order chi connectivity index (χ0) is 23.3. The molecular formula is C26H26O6. The van der Waals surface area contributed by atoms with Gasteiger partial charge in [-0.05, 0) is 61.4 Å². The van der Waals surface area contributed by atoms with Crippen molar-refractivity contribution in [2.45, 2.75) is 13.8 Å². The Labute approximate surface area is 187 Å². The fraction of sp³-hybridized carbons (Fsp3) is 0.192. The Morgan fingerprint density at radius 1 is 0.938 bits per heavy atom. The molecule has 0 saturated heterocycles. The first-order chi connectivity index (χ1) is 15.3. The van der Waals surface area contributed by atoms with Crippen LogP contribution < -0.4 is 14.2 Å². The monoisotopic (exact) mass is 434 g/mol. The molecule has 0 fully saturated rings. The van der Waals surface area contributed by atoms with E-state index in [0.717, 1.165) is 0 Å². The Bertz CT molecular complexity index is 1120. The van der Waals surface area contributed by atoms with Crippen molar-refractivity contribution in [1.29, 1.82) is 0 Å². The van der Waals surface area contributed by atoms with E-state index in [1.165, 1.54) is 31.9 Å². The highest BCUT2D eigenvalue weighted by atomic mass is 16.5. The summed E-state index contributed by atoms with van der Waals surface area (Å²) in [5.74, 6) is 0.253. The number of phenols is 1. The standard InChI is InChI=1S/C26H26O6/c1-16(2)13-14-32-20-11-7-18(8-12-20)23-22(30-3)15-21(17-5-9-19(27)10-6-17)25(31-4)24(23)26(28)29/h5-13,15,27H,14H2,1-4H3,(H,28,29). The second-order valence-corrected chi connectivity index (χ2v) is 7.38. The van der Waals surface area contributed by atoms with Crippen LogP contribution >= 0.6 is 0 Å². The number of carbonyl (C=O) groups is 1. The second-order valence-electron chi connectivity index (χ2n) is 7.38. The summed E-state index contributed by atoms with van der Waals surface area (Å²) in [6, 6.07) is 15.4. The molecule has 0 atom stereocenters. The number of carboxylic acid groups (broad SMARTS) is 1. The molecule has 0 aliphatic heterocycles. The van der Waals surface area contributed by atoms with Crippen LogP contribution in [-0.4, -0.2) is 37.0 Å². The molecule has 166 valence electrons. The molecule has 0 amide bonds. The lowest BCUT2D eigenvalue weighted by molar-refractivity contribution is 0.0694. The van der Waals surface area contributed by atoms with Crippen LogP contribution in [0.1, 0.15) is 24.2 Å². The van der Waals surface area contributed by atoms with Crippen molar-refractivity contribution in [2.75, 3.05) is 20.8 Å². The summed E-state index contributed by atoms with van der Waals surface area (Å²) in [6.07, 6.45) is 1.98.